The second kappa shape index (κ2) is 6.21. The van der Waals surface area contributed by atoms with Crippen molar-refractivity contribution in [1.29, 1.82) is 0 Å². The number of hydrogen-bond acceptors (Lipinski definition) is 3. The third kappa shape index (κ3) is 3.46. The summed E-state index contributed by atoms with van der Waals surface area (Å²) in [5, 5.41) is 0. The molecular formula is C12H24N2O2. The van der Waals surface area contributed by atoms with Crippen molar-refractivity contribution in [3.8, 4) is 0 Å². The molecule has 1 aliphatic heterocycles. The van der Waals surface area contributed by atoms with Crippen molar-refractivity contribution in [3.05, 3.63) is 0 Å². The number of rotatable bonds is 5. The third-order valence-electron chi connectivity index (χ3n) is 2.92. The molecule has 16 heavy (non-hydrogen) atoms. The fraction of sp³-hybridized carbons (Fsp3) is 0.917. The molecule has 0 aromatic heterocycles. The highest BCUT2D eigenvalue weighted by molar-refractivity contribution is 5.81. The summed E-state index contributed by atoms with van der Waals surface area (Å²) in [5.74, 6) is 0.628. The molecule has 1 saturated heterocycles. The first-order valence-corrected chi connectivity index (χ1v) is 6.22. The van der Waals surface area contributed by atoms with Gasteiger partial charge < -0.3 is 15.4 Å². The van der Waals surface area contributed by atoms with Gasteiger partial charge >= 0.3 is 0 Å². The molecule has 94 valence electrons. The molecule has 0 spiro atoms. The number of nitrogens with zero attached hydrogens (tertiary/aromatic N) is 1. The van der Waals surface area contributed by atoms with Crippen molar-refractivity contribution >= 4 is 5.91 Å². The molecule has 1 amide bonds. The topological polar surface area (TPSA) is 55.6 Å². The first kappa shape index (κ1) is 13.5. The second-order valence-electron chi connectivity index (χ2n) is 4.83. The van der Waals surface area contributed by atoms with Crippen LogP contribution in [0, 0.1) is 5.92 Å². The predicted octanol–water partition coefficient (Wildman–Crippen LogP) is 0.997. The van der Waals surface area contributed by atoms with Gasteiger partial charge in [-0.05, 0) is 25.7 Å². The number of carbonyl (C=O) groups excluding carboxylic acids is 1. The molecule has 1 heterocycles. The van der Waals surface area contributed by atoms with Crippen LogP contribution in [0.5, 0.6) is 0 Å². The van der Waals surface area contributed by atoms with Crippen LogP contribution in [-0.2, 0) is 9.53 Å². The molecule has 0 radical (unpaired) electrons. The van der Waals surface area contributed by atoms with Gasteiger partial charge in [-0.3, -0.25) is 4.79 Å². The molecule has 0 aromatic carbocycles. The normalized spacial score (nSPS) is 25.1. The Balaban J connectivity index is 2.49. The number of amides is 1. The Morgan fingerprint density at radius 1 is 1.50 bits per heavy atom. The molecule has 1 fully saturated rings. The summed E-state index contributed by atoms with van der Waals surface area (Å²) in [6.07, 6.45) is 1.54. The summed E-state index contributed by atoms with van der Waals surface area (Å²) in [5.41, 5.74) is 5.54. The standard InChI is InChI=1S/C12H24N2O2/c1-4-14(8-9(2)3)12(15)11-6-5-10(7-13)16-11/h9-11H,4-8,13H2,1-3H3/t10-,11+/m1/s1. The minimum absolute atomic E-state index is 0.0757. The maximum atomic E-state index is 12.1. The van der Waals surface area contributed by atoms with Crippen molar-refractivity contribution in [1.82, 2.24) is 4.90 Å². The Bertz CT molecular complexity index is 231. The number of ether oxygens (including phenoxy) is 1. The minimum atomic E-state index is -0.257. The number of likely N-dealkylation sites (N-methyl/N-ethyl adjacent to an activating group) is 1. The summed E-state index contributed by atoms with van der Waals surface area (Å²) in [6, 6.07) is 0. The van der Waals surface area contributed by atoms with Crippen LogP contribution in [-0.4, -0.2) is 42.6 Å². The van der Waals surface area contributed by atoms with Gasteiger partial charge in [-0.1, -0.05) is 13.8 Å². The summed E-state index contributed by atoms with van der Waals surface area (Å²) in [4.78, 5) is 14.0. The molecule has 0 bridgehead atoms. The van der Waals surface area contributed by atoms with Crippen LogP contribution < -0.4 is 5.73 Å². The van der Waals surface area contributed by atoms with E-state index in [9.17, 15) is 4.79 Å². The van der Waals surface area contributed by atoms with Crippen molar-refractivity contribution < 1.29 is 9.53 Å². The van der Waals surface area contributed by atoms with Crippen molar-refractivity contribution in [2.45, 2.75) is 45.8 Å². The van der Waals surface area contributed by atoms with Gasteiger partial charge in [0.1, 0.15) is 6.10 Å². The fourth-order valence-corrected chi connectivity index (χ4v) is 2.08. The Morgan fingerprint density at radius 2 is 2.19 bits per heavy atom. The smallest absolute Gasteiger partial charge is 0.251 e. The first-order chi connectivity index (χ1) is 7.58. The van der Waals surface area contributed by atoms with Gasteiger partial charge in [0.2, 0.25) is 0 Å². The van der Waals surface area contributed by atoms with E-state index < -0.39 is 0 Å². The summed E-state index contributed by atoms with van der Waals surface area (Å²) >= 11 is 0. The second-order valence-corrected chi connectivity index (χ2v) is 4.83. The Labute approximate surface area is 98.1 Å². The van der Waals surface area contributed by atoms with E-state index in [0.717, 1.165) is 25.9 Å². The van der Waals surface area contributed by atoms with E-state index in [1.807, 2.05) is 11.8 Å². The molecule has 1 rings (SSSR count). The maximum Gasteiger partial charge on any atom is 0.251 e. The highest BCUT2D eigenvalue weighted by Gasteiger charge is 2.32. The average molecular weight is 228 g/mol. The van der Waals surface area contributed by atoms with Crippen LogP contribution >= 0.6 is 0 Å². The van der Waals surface area contributed by atoms with Crippen LogP contribution in [0.4, 0.5) is 0 Å². The molecule has 2 atom stereocenters. The predicted molar refractivity (Wildman–Crippen MR) is 64.0 cm³/mol. The number of hydrogen-bond donors (Lipinski definition) is 1. The lowest BCUT2D eigenvalue weighted by molar-refractivity contribution is -0.143. The van der Waals surface area contributed by atoms with E-state index in [-0.39, 0.29) is 18.1 Å². The Hall–Kier alpha value is -0.610. The summed E-state index contributed by atoms with van der Waals surface area (Å²) < 4.78 is 5.62. The lowest BCUT2D eigenvalue weighted by atomic mass is 10.1. The van der Waals surface area contributed by atoms with Gasteiger partial charge in [-0.15, -0.1) is 0 Å². The van der Waals surface area contributed by atoms with Gasteiger partial charge in [0.15, 0.2) is 0 Å². The van der Waals surface area contributed by atoms with Gasteiger partial charge in [-0.2, -0.15) is 0 Å². The van der Waals surface area contributed by atoms with Gasteiger partial charge in [0.25, 0.3) is 5.91 Å². The highest BCUT2D eigenvalue weighted by Crippen LogP contribution is 2.21. The Morgan fingerprint density at radius 3 is 2.62 bits per heavy atom. The minimum Gasteiger partial charge on any atom is -0.364 e. The van der Waals surface area contributed by atoms with Gasteiger partial charge in [-0.25, -0.2) is 0 Å². The van der Waals surface area contributed by atoms with E-state index in [2.05, 4.69) is 13.8 Å². The lowest BCUT2D eigenvalue weighted by Gasteiger charge is -2.25. The zero-order valence-electron chi connectivity index (χ0n) is 10.6. The quantitative estimate of drug-likeness (QED) is 0.763. The third-order valence-corrected chi connectivity index (χ3v) is 2.92. The molecule has 2 N–H and O–H groups in total. The molecule has 4 nitrogen and oxygen atoms in total. The lowest BCUT2D eigenvalue weighted by Crippen LogP contribution is -2.41. The number of nitrogens with two attached hydrogens (primary N) is 1. The highest BCUT2D eigenvalue weighted by atomic mass is 16.5. The molecule has 0 aliphatic carbocycles. The molecule has 0 saturated carbocycles. The van der Waals surface area contributed by atoms with Crippen molar-refractivity contribution in [2.24, 2.45) is 11.7 Å². The maximum absolute atomic E-state index is 12.1. The molecular weight excluding hydrogens is 204 g/mol. The average Bonchev–Trinajstić information content (AvgIpc) is 2.73. The van der Waals surface area contributed by atoms with E-state index in [1.165, 1.54) is 0 Å². The van der Waals surface area contributed by atoms with Gasteiger partial charge in [0.05, 0.1) is 6.10 Å². The van der Waals surface area contributed by atoms with Crippen LogP contribution in [0.2, 0.25) is 0 Å². The van der Waals surface area contributed by atoms with E-state index >= 15 is 0 Å². The van der Waals surface area contributed by atoms with Crippen LogP contribution in [0.15, 0.2) is 0 Å². The van der Waals surface area contributed by atoms with E-state index in [4.69, 9.17) is 10.5 Å². The molecule has 4 heteroatoms. The van der Waals surface area contributed by atoms with Crippen LogP contribution in [0.1, 0.15) is 33.6 Å². The van der Waals surface area contributed by atoms with E-state index in [0.29, 0.717) is 12.5 Å². The van der Waals surface area contributed by atoms with Gasteiger partial charge in [0, 0.05) is 19.6 Å². The largest absolute Gasteiger partial charge is 0.364 e. The molecule has 1 aliphatic rings. The molecule has 0 aromatic rings. The van der Waals surface area contributed by atoms with Crippen molar-refractivity contribution in [3.63, 3.8) is 0 Å². The fourth-order valence-electron chi connectivity index (χ4n) is 2.08. The summed E-state index contributed by atoms with van der Waals surface area (Å²) in [6.45, 7) is 8.32. The molecule has 0 unspecified atom stereocenters. The van der Waals surface area contributed by atoms with Crippen LogP contribution in [0.3, 0.4) is 0 Å². The Kier molecular flexibility index (Phi) is 5.22. The van der Waals surface area contributed by atoms with Crippen molar-refractivity contribution in [2.75, 3.05) is 19.6 Å². The monoisotopic (exact) mass is 228 g/mol. The summed E-state index contributed by atoms with van der Waals surface area (Å²) in [7, 11) is 0. The SMILES string of the molecule is CCN(CC(C)C)C(=O)[C@@H]1CC[C@H](CN)O1. The zero-order chi connectivity index (χ0) is 12.1. The van der Waals surface area contributed by atoms with Crippen LogP contribution in [0.25, 0.3) is 0 Å². The first-order valence-electron chi connectivity index (χ1n) is 6.22. The van der Waals surface area contributed by atoms with E-state index in [1.54, 1.807) is 0 Å². The zero-order valence-corrected chi connectivity index (χ0v) is 10.6. The number of carbonyl (C=O) groups is 1.